The Labute approximate surface area is 155 Å². The van der Waals surface area contributed by atoms with Crippen molar-refractivity contribution in [3.8, 4) is 5.75 Å². The molecule has 3 aromatic rings. The standard InChI is InChI=1S/C21H18BrNO2/c22-18-11-12-19(24)17(13-18)14-23-20(15-7-3-1-4-8-15)21(25)16-9-5-2-6-10-16/h1-14,20-21,24-25H/t20-,21+/m1/s1. The largest absolute Gasteiger partial charge is 0.507 e. The highest BCUT2D eigenvalue weighted by molar-refractivity contribution is 9.10. The number of aromatic hydroxyl groups is 1. The van der Waals surface area contributed by atoms with Crippen LogP contribution in [-0.2, 0) is 0 Å². The molecule has 0 aromatic heterocycles. The van der Waals surface area contributed by atoms with Gasteiger partial charge < -0.3 is 10.2 Å². The van der Waals surface area contributed by atoms with Crippen molar-refractivity contribution in [1.29, 1.82) is 0 Å². The van der Waals surface area contributed by atoms with E-state index in [2.05, 4.69) is 20.9 Å². The van der Waals surface area contributed by atoms with Crippen LogP contribution in [0.3, 0.4) is 0 Å². The summed E-state index contributed by atoms with van der Waals surface area (Å²) in [4.78, 5) is 4.59. The van der Waals surface area contributed by atoms with Crippen LogP contribution >= 0.6 is 15.9 Å². The lowest BCUT2D eigenvalue weighted by molar-refractivity contribution is 0.148. The Morgan fingerprint density at radius 3 is 2.08 bits per heavy atom. The number of nitrogens with zero attached hydrogens (tertiary/aromatic N) is 1. The second-order valence-corrected chi connectivity index (χ2v) is 6.61. The quantitative estimate of drug-likeness (QED) is 0.593. The van der Waals surface area contributed by atoms with Crippen molar-refractivity contribution in [3.05, 3.63) is 100 Å². The van der Waals surface area contributed by atoms with Crippen LogP contribution < -0.4 is 0 Å². The van der Waals surface area contributed by atoms with Gasteiger partial charge in [0.25, 0.3) is 0 Å². The number of hydrogen-bond donors (Lipinski definition) is 2. The molecule has 0 heterocycles. The number of aliphatic hydroxyl groups is 1. The van der Waals surface area contributed by atoms with Crippen LogP contribution in [0, 0.1) is 0 Å². The molecule has 0 amide bonds. The summed E-state index contributed by atoms with van der Waals surface area (Å²) >= 11 is 3.39. The predicted octanol–water partition coefficient (Wildman–Crippen LogP) is 5.05. The lowest BCUT2D eigenvalue weighted by atomic mass is 9.96. The van der Waals surface area contributed by atoms with Gasteiger partial charge in [0.15, 0.2) is 0 Å². The Morgan fingerprint density at radius 2 is 1.44 bits per heavy atom. The number of phenols is 1. The molecule has 0 aliphatic carbocycles. The van der Waals surface area contributed by atoms with Crippen molar-refractivity contribution in [2.24, 2.45) is 4.99 Å². The minimum Gasteiger partial charge on any atom is -0.507 e. The average Bonchev–Trinajstić information content (AvgIpc) is 2.66. The van der Waals surface area contributed by atoms with E-state index in [0.29, 0.717) is 5.56 Å². The Morgan fingerprint density at radius 1 is 0.840 bits per heavy atom. The number of rotatable bonds is 5. The maximum absolute atomic E-state index is 10.9. The Balaban J connectivity index is 1.97. The van der Waals surface area contributed by atoms with Gasteiger partial charge in [0.2, 0.25) is 0 Å². The summed E-state index contributed by atoms with van der Waals surface area (Å²) in [7, 11) is 0. The molecule has 0 aliphatic heterocycles. The number of benzene rings is 3. The SMILES string of the molecule is Oc1ccc(Br)cc1C=N[C@H](c1ccccc1)[C@@H](O)c1ccccc1. The van der Waals surface area contributed by atoms with E-state index in [1.54, 1.807) is 24.4 Å². The third-order valence-corrected chi connectivity index (χ3v) is 4.44. The first-order chi connectivity index (χ1) is 12.1. The first-order valence-corrected chi connectivity index (χ1v) is 8.74. The molecule has 2 atom stereocenters. The monoisotopic (exact) mass is 395 g/mol. The van der Waals surface area contributed by atoms with Crippen LogP contribution in [0.15, 0.2) is 88.3 Å². The lowest BCUT2D eigenvalue weighted by Crippen LogP contribution is -2.09. The molecule has 0 radical (unpaired) electrons. The molecule has 0 saturated heterocycles. The lowest BCUT2D eigenvalue weighted by Gasteiger charge is -2.20. The Kier molecular flexibility index (Phi) is 5.64. The molecule has 0 spiro atoms. The van der Waals surface area contributed by atoms with E-state index in [9.17, 15) is 10.2 Å². The molecule has 0 saturated carbocycles. The van der Waals surface area contributed by atoms with Gasteiger partial charge in [-0.3, -0.25) is 4.99 Å². The molecule has 3 aromatic carbocycles. The Bertz CT molecular complexity index is 850. The molecular formula is C21H18BrNO2. The first-order valence-electron chi connectivity index (χ1n) is 7.95. The van der Waals surface area contributed by atoms with Crippen LogP contribution in [0.2, 0.25) is 0 Å². The van der Waals surface area contributed by atoms with Crippen LogP contribution in [0.5, 0.6) is 5.75 Å². The van der Waals surface area contributed by atoms with E-state index in [4.69, 9.17) is 0 Å². The fourth-order valence-electron chi connectivity index (χ4n) is 2.62. The summed E-state index contributed by atoms with van der Waals surface area (Å²) in [5.41, 5.74) is 2.30. The third-order valence-electron chi connectivity index (χ3n) is 3.95. The zero-order chi connectivity index (χ0) is 17.6. The van der Waals surface area contributed by atoms with E-state index in [-0.39, 0.29) is 5.75 Å². The molecule has 126 valence electrons. The maximum Gasteiger partial charge on any atom is 0.124 e. The molecule has 0 fully saturated rings. The molecule has 0 aliphatic rings. The normalized spacial score (nSPS) is 13.7. The van der Waals surface area contributed by atoms with Crippen LogP contribution in [0.4, 0.5) is 0 Å². The summed E-state index contributed by atoms with van der Waals surface area (Å²) < 4.78 is 0.853. The van der Waals surface area contributed by atoms with Gasteiger partial charge in [0.1, 0.15) is 17.9 Å². The van der Waals surface area contributed by atoms with Gasteiger partial charge in [0, 0.05) is 16.3 Å². The number of hydrogen-bond acceptors (Lipinski definition) is 3. The van der Waals surface area contributed by atoms with Gasteiger partial charge in [-0.2, -0.15) is 0 Å². The van der Waals surface area contributed by atoms with E-state index >= 15 is 0 Å². The van der Waals surface area contributed by atoms with Crippen LogP contribution in [-0.4, -0.2) is 16.4 Å². The van der Waals surface area contributed by atoms with Gasteiger partial charge in [-0.25, -0.2) is 0 Å². The van der Waals surface area contributed by atoms with Gasteiger partial charge in [-0.15, -0.1) is 0 Å². The number of phenolic OH excluding ortho intramolecular Hbond substituents is 1. The van der Waals surface area contributed by atoms with Crippen LogP contribution in [0.1, 0.15) is 28.8 Å². The van der Waals surface area contributed by atoms with E-state index < -0.39 is 12.1 Å². The zero-order valence-electron chi connectivity index (χ0n) is 13.5. The Hall–Kier alpha value is -2.43. The minimum atomic E-state index is -0.783. The van der Waals surface area contributed by atoms with Gasteiger partial charge in [0.05, 0.1) is 0 Å². The summed E-state index contributed by atoms with van der Waals surface area (Å²) in [5.74, 6) is 0.146. The predicted molar refractivity (Wildman–Crippen MR) is 104 cm³/mol. The van der Waals surface area contributed by atoms with E-state index in [1.807, 2.05) is 60.7 Å². The number of aliphatic imine (C=N–C) groups is 1. The fourth-order valence-corrected chi connectivity index (χ4v) is 3.00. The molecule has 0 unspecified atom stereocenters. The number of halogens is 1. The topological polar surface area (TPSA) is 52.8 Å². The molecular weight excluding hydrogens is 378 g/mol. The highest BCUT2D eigenvalue weighted by Gasteiger charge is 2.21. The maximum atomic E-state index is 10.9. The molecule has 25 heavy (non-hydrogen) atoms. The summed E-state index contributed by atoms with van der Waals surface area (Å²) in [5, 5.41) is 20.8. The molecule has 4 heteroatoms. The van der Waals surface area contributed by atoms with E-state index in [0.717, 1.165) is 15.6 Å². The number of aliphatic hydroxyl groups excluding tert-OH is 1. The minimum absolute atomic E-state index is 0.146. The smallest absolute Gasteiger partial charge is 0.124 e. The highest BCUT2D eigenvalue weighted by Crippen LogP contribution is 2.32. The zero-order valence-corrected chi connectivity index (χ0v) is 15.0. The summed E-state index contributed by atoms with van der Waals surface area (Å²) in [6, 6.07) is 23.8. The van der Waals surface area contributed by atoms with Crippen molar-refractivity contribution >= 4 is 22.1 Å². The summed E-state index contributed by atoms with van der Waals surface area (Å²) in [6.07, 6.45) is 0.818. The van der Waals surface area contributed by atoms with Gasteiger partial charge in [-0.1, -0.05) is 76.6 Å². The second-order valence-electron chi connectivity index (χ2n) is 5.69. The van der Waals surface area contributed by atoms with Crippen molar-refractivity contribution < 1.29 is 10.2 Å². The van der Waals surface area contributed by atoms with Crippen molar-refractivity contribution in [2.45, 2.75) is 12.1 Å². The second kappa shape index (κ2) is 8.10. The summed E-state index contributed by atoms with van der Waals surface area (Å²) in [6.45, 7) is 0. The molecule has 3 nitrogen and oxygen atoms in total. The molecule has 0 bridgehead atoms. The van der Waals surface area contributed by atoms with Crippen molar-refractivity contribution in [3.63, 3.8) is 0 Å². The molecule has 3 rings (SSSR count). The first kappa shape index (κ1) is 17.4. The third kappa shape index (κ3) is 4.35. The fraction of sp³-hybridized carbons (Fsp3) is 0.0952. The average molecular weight is 396 g/mol. The van der Waals surface area contributed by atoms with Crippen molar-refractivity contribution in [2.75, 3.05) is 0 Å². The molecule has 2 N–H and O–H groups in total. The van der Waals surface area contributed by atoms with Crippen LogP contribution in [0.25, 0.3) is 0 Å². The van der Waals surface area contributed by atoms with Crippen molar-refractivity contribution in [1.82, 2.24) is 0 Å². The van der Waals surface area contributed by atoms with E-state index in [1.165, 1.54) is 0 Å². The van der Waals surface area contributed by atoms with Gasteiger partial charge in [-0.05, 0) is 29.3 Å². The van der Waals surface area contributed by atoms with Gasteiger partial charge >= 0.3 is 0 Å². The highest BCUT2D eigenvalue weighted by atomic mass is 79.9.